The zero-order valence-electron chi connectivity index (χ0n) is 11.1. The zero-order valence-corrected chi connectivity index (χ0v) is 11.9. The molecule has 0 saturated heterocycles. The molecule has 1 aromatic rings. The van der Waals surface area contributed by atoms with Gasteiger partial charge in [-0.3, -0.25) is 0 Å². The normalized spacial score (nSPS) is 18.3. The van der Waals surface area contributed by atoms with Crippen LogP contribution in [0.25, 0.3) is 0 Å². The second-order valence-electron chi connectivity index (χ2n) is 4.82. The van der Waals surface area contributed by atoms with Gasteiger partial charge in [-0.2, -0.15) is 0 Å². The minimum absolute atomic E-state index is 0.168. The maximum atomic E-state index is 11.4. The summed E-state index contributed by atoms with van der Waals surface area (Å²) in [6.45, 7) is 2.05. The first-order valence-corrected chi connectivity index (χ1v) is 8.48. The maximum Gasteiger partial charge on any atom is 0.150 e. The minimum Gasteiger partial charge on any atom is -0.493 e. The van der Waals surface area contributed by atoms with E-state index < -0.39 is 9.84 Å². The molecule has 0 aromatic heterocycles. The largest absolute Gasteiger partial charge is 0.493 e. The summed E-state index contributed by atoms with van der Waals surface area (Å²) in [6, 6.07) is 5.66. The van der Waals surface area contributed by atoms with E-state index in [1.165, 1.54) is 0 Å². The van der Waals surface area contributed by atoms with Gasteiger partial charge in [0, 0.05) is 11.3 Å². The number of sulfone groups is 1. The highest BCUT2D eigenvalue weighted by molar-refractivity contribution is 7.91. The topological polar surface area (TPSA) is 63.6 Å². The van der Waals surface area contributed by atoms with Gasteiger partial charge in [0.05, 0.1) is 18.5 Å². The Labute approximate surface area is 114 Å². The van der Waals surface area contributed by atoms with Crippen LogP contribution in [-0.4, -0.2) is 31.6 Å². The molecule has 2 rings (SSSR count). The van der Waals surface area contributed by atoms with Crippen LogP contribution in [0.3, 0.4) is 0 Å². The van der Waals surface area contributed by atoms with Gasteiger partial charge in [0.25, 0.3) is 0 Å². The lowest BCUT2D eigenvalue weighted by molar-refractivity contribution is 0.180. The number of ether oxygens (including phenoxy) is 1. The average molecular weight is 284 g/mol. The molecule has 1 unspecified atom stereocenters. The molecule has 1 N–H and O–H groups in total. The monoisotopic (exact) mass is 284 g/mol. The number of benzene rings is 1. The summed E-state index contributed by atoms with van der Waals surface area (Å²) in [5.41, 5.74) is 2.01. The lowest BCUT2D eigenvalue weighted by Crippen LogP contribution is -2.12. The van der Waals surface area contributed by atoms with Crippen molar-refractivity contribution in [3.05, 3.63) is 29.3 Å². The molecule has 0 fully saturated rings. The third-order valence-electron chi connectivity index (χ3n) is 3.49. The molecular weight excluding hydrogens is 264 g/mol. The first kappa shape index (κ1) is 14.3. The molecule has 1 atom stereocenters. The van der Waals surface area contributed by atoms with Crippen LogP contribution in [0.5, 0.6) is 5.75 Å². The van der Waals surface area contributed by atoms with Crippen LogP contribution in [-0.2, 0) is 16.3 Å². The van der Waals surface area contributed by atoms with Gasteiger partial charge in [-0.15, -0.1) is 0 Å². The van der Waals surface area contributed by atoms with Crippen LogP contribution < -0.4 is 4.74 Å². The van der Waals surface area contributed by atoms with Gasteiger partial charge in [-0.05, 0) is 30.9 Å². The second kappa shape index (κ2) is 5.92. The Morgan fingerprint density at radius 3 is 2.95 bits per heavy atom. The van der Waals surface area contributed by atoms with Crippen molar-refractivity contribution in [3.63, 3.8) is 0 Å². The van der Waals surface area contributed by atoms with Crippen molar-refractivity contribution in [1.82, 2.24) is 0 Å². The van der Waals surface area contributed by atoms with Gasteiger partial charge in [0.1, 0.15) is 15.6 Å². The summed E-state index contributed by atoms with van der Waals surface area (Å²) < 4.78 is 28.4. The Morgan fingerprint density at radius 1 is 1.42 bits per heavy atom. The quantitative estimate of drug-likeness (QED) is 0.810. The van der Waals surface area contributed by atoms with Crippen molar-refractivity contribution in [1.29, 1.82) is 0 Å². The highest BCUT2D eigenvalue weighted by Crippen LogP contribution is 2.36. The number of aliphatic hydroxyl groups excluding tert-OH is 1. The first-order valence-electron chi connectivity index (χ1n) is 6.66. The highest BCUT2D eigenvalue weighted by atomic mass is 32.2. The van der Waals surface area contributed by atoms with Crippen LogP contribution in [0, 0.1) is 0 Å². The highest BCUT2D eigenvalue weighted by Gasteiger charge is 2.23. The van der Waals surface area contributed by atoms with E-state index in [1.54, 1.807) is 6.92 Å². The van der Waals surface area contributed by atoms with E-state index in [1.807, 2.05) is 18.2 Å². The standard InChI is InChI=1S/C14H20O4S/c1-2-19(16,17)10-4-9-18-14-6-3-5-11-12(14)7-8-13(11)15/h3,5-6,13,15H,2,4,7-10H2,1H3. The molecule has 0 bridgehead atoms. The van der Waals surface area contributed by atoms with Crippen LogP contribution in [0.4, 0.5) is 0 Å². The van der Waals surface area contributed by atoms with Crippen LogP contribution in [0.15, 0.2) is 18.2 Å². The van der Waals surface area contributed by atoms with Crippen LogP contribution in [0.1, 0.15) is 37.0 Å². The molecule has 0 aliphatic heterocycles. The van der Waals surface area contributed by atoms with Gasteiger partial charge in [0.2, 0.25) is 0 Å². The molecule has 0 heterocycles. The molecule has 5 heteroatoms. The van der Waals surface area contributed by atoms with Crippen molar-refractivity contribution in [3.8, 4) is 5.75 Å². The lowest BCUT2D eigenvalue weighted by Gasteiger charge is -2.11. The molecule has 19 heavy (non-hydrogen) atoms. The SMILES string of the molecule is CCS(=O)(=O)CCCOc1cccc2c1CCC2O. The van der Waals surface area contributed by atoms with E-state index in [0.717, 1.165) is 29.7 Å². The van der Waals surface area contributed by atoms with E-state index in [9.17, 15) is 13.5 Å². The van der Waals surface area contributed by atoms with E-state index >= 15 is 0 Å². The fourth-order valence-corrected chi connectivity index (χ4v) is 3.19. The smallest absolute Gasteiger partial charge is 0.150 e. The van der Waals surface area contributed by atoms with Crippen molar-refractivity contribution >= 4 is 9.84 Å². The van der Waals surface area contributed by atoms with Crippen LogP contribution in [0.2, 0.25) is 0 Å². The summed E-state index contributed by atoms with van der Waals surface area (Å²) in [6.07, 6.45) is 1.67. The summed E-state index contributed by atoms with van der Waals surface area (Å²) in [5.74, 6) is 1.13. The Hall–Kier alpha value is -1.07. The fraction of sp³-hybridized carbons (Fsp3) is 0.571. The fourth-order valence-electron chi connectivity index (χ4n) is 2.34. The van der Waals surface area contributed by atoms with Gasteiger partial charge in [0.15, 0.2) is 0 Å². The Kier molecular flexibility index (Phi) is 4.47. The van der Waals surface area contributed by atoms with Gasteiger partial charge in [-0.1, -0.05) is 19.1 Å². The minimum atomic E-state index is -2.91. The van der Waals surface area contributed by atoms with Crippen molar-refractivity contribution in [2.45, 2.75) is 32.3 Å². The number of rotatable bonds is 6. The van der Waals surface area contributed by atoms with Crippen molar-refractivity contribution in [2.75, 3.05) is 18.1 Å². The third kappa shape index (κ3) is 3.48. The molecule has 4 nitrogen and oxygen atoms in total. The molecule has 0 radical (unpaired) electrons. The van der Waals surface area contributed by atoms with Crippen molar-refractivity contribution in [2.24, 2.45) is 0 Å². The molecule has 0 amide bonds. The predicted octanol–water partition coefficient (Wildman–Crippen LogP) is 1.87. The average Bonchev–Trinajstić information content (AvgIpc) is 2.78. The van der Waals surface area contributed by atoms with E-state index in [2.05, 4.69) is 0 Å². The molecule has 1 aliphatic carbocycles. The molecule has 1 aromatic carbocycles. The zero-order chi connectivity index (χ0) is 13.9. The molecule has 1 aliphatic rings. The Bertz CT molecular complexity index is 536. The van der Waals surface area contributed by atoms with E-state index in [4.69, 9.17) is 4.74 Å². The van der Waals surface area contributed by atoms with Gasteiger partial charge in [-0.25, -0.2) is 8.42 Å². The number of aliphatic hydroxyl groups is 1. The molecule has 0 spiro atoms. The lowest BCUT2D eigenvalue weighted by atomic mass is 10.1. The van der Waals surface area contributed by atoms with Crippen LogP contribution >= 0.6 is 0 Å². The molecule has 106 valence electrons. The number of fused-ring (bicyclic) bond motifs is 1. The summed E-state index contributed by atoms with van der Waals surface area (Å²) in [4.78, 5) is 0. The van der Waals surface area contributed by atoms with E-state index in [0.29, 0.717) is 13.0 Å². The third-order valence-corrected chi connectivity index (χ3v) is 5.28. The Morgan fingerprint density at radius 2 is 2.21 bits per heavy atom. The van der Waals surface area contributed by atoms with Crippen molar-refractivity contribution < 1.29 is 18.3 Å². The van der Waals surface area contributed by atoms with Gasteiger partial charge < -0.3 is 9.84 Å². The second-order valence-corrected chi connectivity index (χ2v) is 7.29. The molecular formula is C14H20O4S. The molecule has 0 saturated carbocycles. The number of hydrogen-bond acceptors (Lipinski definition) is 4. The predicted molar refractivity (Wildman–Crippen MR) is 74.2 cm³/mol. The summed E-state index contributed by atoms with van der Waals surface area (Å²) >= 11 is 0. The first-order chi connectivity index (χ1) is 9.03. The van der Waals surface area contributed by atoms with Gasteiger partial charge >= 0.3 is 0 Å². The summed E-state index contributed by atoms with van der Waals surface area (Å²) in [7, 11) is -2.91. The van der Waals surface area contributed by atoms with E-state index in [-0.39, 0.29) is 17.6 Å². The number of hydrogen-bond donors (Lipinski definition) is 1. The summed E-state index contributed by atoms with van der Waals surface area (Å²) in [5, 5.41) is 9.78. The Balaban J connectivity index is 1.91. The maximum absolute atomic E-state index is 11.4.